The smallest absolute Gasteiger partial charge is 0.0726 e. The molecule has 0 N–H and O–H groups in total. The number of rotatable bonds is 4. The van der Waals surface area contributed by atoms with Crippen molar-refractivity contribution < 1.29 is 0 Å². The summed E-state index contributed by atoms with van der Waals surface area (Å²) in [6.07, 6.45) is 0. The van der Waals surface area contributed by atoms with E-state index in [1.54, 1.807) is 0 Å². The van der Waals surface area contributed by atoms with E-state index < -0.39 is 5.41 Å². The minimum Gasteiger partial charge on any atom is -0.310 e. The SMILES string of the molecule is CC1(C)c2ccccc2-c2cc(N(c3ccc4c5ccccc5c5ccccc5c4c3)c3cc4c(cc3-c3cccc5c3sc3ccccc35)-c3ccccc3C43c4ccccc4-c4ccccc43)ccc21. The Bertz CT molecular complexity index is 4430. The van der Waals surface area contributed by atoms with Crippen LogP contribution in [0.3, 0.4) is 0 Å². The molecule has 13 aromatic rings. The molecule has 1 nitrogen and oxygen atoms in total. The Hall–Kier alpha value is -8.56. The second kappa shape index (κ2) is 14.5. The molecule has 3 aliphatic rings. The fourth-order valence-electron chi connectivity index (χ4n) is 13.8. The van der Waals surface area contributed by atoms with E-state index in [-0.39, 0.29) is 5.41 Å². The molecular weight excluding hydrogens is 887 g/mol. The molecule has 0 saturated carbocycles. The molecule has 0 saturated heterocycles. The third kappa shape index (κ3) is 5.17. The lowest BCUT2D eigenvalue weighted by Crippen LogP contribution is -2.26. The maximum Gasteiger partial charge on any atom is 0.0726 e. The molecule has 0 atom stereocenters. The van der Waals surface area contributed by atoms with E-state index in [2.05, 4.69) is 255 Å². The van der Waals surface area contributed by atoms with Crippen molar-refractivity contribution in [3.05, 3.63) is 270 Å². The Morgan fingerprint density at radius 1 is 0.292 bits per heavy atom. The van der Waals surface area contributed by atoms with Gasteiger partial charge in [-0.3, -0.25) is 0 Å². The molecule has 3 aliphatic carbocycles. The third-order valence-electron chi connectivity index (χ3n) is 16.9. The summed E-state index contributed by atoms with van der Waals surface area (Å²) in [5, 5.41) is 10.2. The van der Waals surface area contributed by atoms with Crippen molar-refractivity contribution in [2.24, 2.45) is 0 Å². The molecule has 1 spiro atoms. The van der Waals surface area contributed by atoms with Crippen molar-refractivity contribution >= 4 is 80.9 Å². The Labute approximate surface area is 422 Å². The van der Waals surface area contributed by atoms with Crippen molar-refractivity contribution in [1.82, 2.24) is 0 Å². The molecule has 2 heteroatoms. The normalized spacial score (nSPS) is 14.2. The van der Waals surface area contributed by atoms with Gasteiger partial charge in [-0.05, 0) is 142 Å². The minimum atomic E-state index is -0.527. The van der Waals surface area contributed by atoms with Gasteiger partial charge in [0, 0.05) is 48.1 Å². The average molecular weight is 932 g/mol. The summed E-state index contributed by atoms with van der Waals surface area (Å²) in [5.41, 5.74) is 21.1. The van der Waals surface area contributed by atoms with Crippen molar-refractivity contribution in [3.8, 4) is 44.5 Å². The van der Waals surface area contributed by atoms with Gasteiger partial charge >= 0.3 is 0 Å². The van der Waals surface area contributed by atoms with Crippen LogP contribution in [0.25, 0.3) is 97.0 Å². The highest BCUT2D eigenvalue weighted by Gasteiger charge is 2.52. The van der Waals surface area contributed by atoms with Gasteiger partial charge in [-0.2, -0.15) is 0 Å². The van der Waals surface area contributed by atoms with Crippen LogP contribution >= 0.6 is 11.3 Å². The molecule has 72 heavy (non-hydrogen) atoms. The molecule has 1 heterocycles. The maximum absolute atomic E-state index is 2.61. The van der Waals surface area contributed by atoms with Crippen LogP contribution in [0.1, 0.15) is 47.2 Å². The van der Waals surface area contributed by atoms with Crippen LogP contribution in [-0.4, -0.2) is 0 Å². The molecule has 1 aromatic heterocycles. The standard InChI is InChI=1S/C70H45NS/c1-69(2)60-29-12-7-24-51(60)57-39-43(35-37-61(57)69)71(42-34-36-48-46-20-4-3-18-44(46)45-19-5-6-21-47(45)56(48)38-42)66-41-65-58(40-59(66)55-28-17-27-54-53-26-11-16-33-67(53)72-68(54)55)52-25-10-15-32-64(52)70(65)62-30-13-8-22-49(62)50-23-9-14-31-63(50)70/h3-41H,1-2H3. The average Bonchev–Trinajstić information content (AvgIpc) is 4.13. The van der Waals surface area contributed by atoms with Crippen molar-refractivity contribution in [2.45, 2.75) is 24.7 Å². The number of thiophene rings is 1. The van der Waals surface area contributed by atoms with Gasteiger partial charge in [0.25, 0.3) is 0 Å². The molecule has 336 valence electrons. The van der Waals surface area contributed by atoms with Crippen molar-refractivity contribution in [2.75, 3.05) is 4.90 Å². The lowest BCUT2D eigenvalue weighted by molar-refractivity contribution is 0.660. The van der Waals surface area contributed by atoms with E-state index >= 15 is 0 Å². The summed E-state index contributed by atoms with van der Waals surface area (Å²) in [6, 6.07) is 90.2. The first-order valence-corrected chi connectivity index (χ1v) is 26.1. The minimum absolute atomic E-state index is 0.130. The Morgan fingerprint density at radius 2 is 0.736 bits per heavy atom. The monoisotopic (exact) mass is 931 g/mol. The number of hydrogen-bond acceptors (Lipinski definition) is 2. The molecule has 0 amide bonds. The number of fused-ring (bicyclic) bond motifs is 22. The van der Waals surface area contributed by atoms with E-state index in [9.17, 15) is 0 Å². The fraction of sp³-hybridized carbons (Fsp3) is 0.0571. The van der Waals surface area contributed by atoms with Crippen molar-refractivity contribution in [3.63, 3.8) is 0 Å². The van der Waals surface area contributed by atoms with Gasteiger partial charge in [0.05, 0.1) is 11.1 Å². The molecule has 0 radical (unpaired) electrons. The zero-order valence-electron chi connectivity index (χ0n) is 39.9. The van der Waals surface area contributed by atoms with E-state index in [0.29, 0.717) is 0 Å². The molecule has 0 aliphatic heterocycles. The lowest BCUT2D eigenvalue weighted by atomic mass is 9.70. The maximum atomic E-state index is 2.61. The van der Waals surface area contributed by atoms with Gasteiger partial charge in [0.1, 0.15) is 0 Å². The van der Waals surface area contributed by atoms with Crippen LogP contribution in [0.5, 0.6) is 0 Å². The Kier molecular flexibility index (Phi) is 8.10. The number of nitrogens with zero attached hydrogens (tertiary/aromatic N) is 1. The first-order valence-electron chi connectivity index (χ1n) is 25.2. The molecule has 0 fully saturated rings. The van der Waals surface area contributed by atoms with Crippen LogP contribution in [0, 0.1) is 0 Å². The highest BCUT2D eigenvalue weighted by molar-refractivity contribution is 7.26. The zero-order valence-corrected chi connectivity index (χ0v) is 40.7. The second-order valence-corrected chi connectivity index (χ2v) is 21.7. The quantitative estimate of drug-likeness (QED) is 0.159. The highest BCUT2D eigenvalue weighted by Crippen LogP contribution is 2.65. The third-order valence-corrected chi connectivity index (χ3v) is 18.1. The zero-order chi connectivity index (χ0) is 47.5. The van der Waals surface area contributed by atoms with Gasteiger partial charge in [0.2, 0.25) is 0 Å². The summed E-state index contributed by atoms with van der Waals surface area (Å²) < 4.78 is 2.61. The van der Waals surface area contributed by atoms with Crippen molar-refractivity contribution in [1.29, 1.82) is 0 Å². The molecule has 0 bridgehead atoms. The first-order chi connectivity index (χ1) is 35.5. The summed E-state index contributed by atoms with van der Waals surface area (Å²) in [7, 11) is 0. The number of benzene rings is 12. The second-order valence-electron chi connectivity index (χ2n) is 20.6. The summed E-state index contributed by atoms with van der Waals surface area (Å²) >= 11 is 1.91. The molecule has 16 rings (SSSR count). The van der Waals surface area contributed by atoms with Gasteiger partial charge in [-0.25, -0.2) is 0 Å². The van der Waals surface area contributed by atoms with Crippen LogP contribution in [0.4, 0.5) is 17.1 Å². The highest BCUT2D eigenvalue weighted by atomic mass is 32.1. The number of hydrogen-bond donors (Lipinski definition) is 0. The van der Waals surface area contributed by atoms with Crippen LogP contribution in [0.15, 0.2) is 237 Å². The lowest BCUT2D eigenvalue weighted by Gasteiger charge is -2.34. The van der Waals surface area contributed by atoms with E-state index in [4.69, 9.17) is 0 Å². The van der Waals surface area contributed by atoms with Crippen LogP contribution in [-0.2, 0) is 10.8 Å². The van der Waals surface area contributed by atoms with Crippen LogP contribution < -0.4 is 4.90 Å². The fourth-order valence-corrected chi connectivity index (χ4v) is 15.0. The van der Waals surface area contributed by atoms with E-state index in [1.165, 1.54) is 130 Å². The number of anilines is 3. The largest absolute Gasteiger partial charge is 0.310 e. The van der Waals surface area contributed by atoms with Gasteiger partial charge < -0.3 is 4.90 Å². The van der Waals surface area contributed by atoms with E-state index in [0.717, 1.165) is 17.1 Å². The predicted octanol–water partition coefficient (Wildman–Crippen LogP) is 19.3. The van der Waals surface area contributed by atoms with Gasteiger partial charge in [-0.15, -0.1) is 11.3 Å². The Morgan fingerprint density at radius 3 is 1.39 bits per heavy atom. The first kappa shape index (κ1) is 40.2. The van der Waals surface area contributed by atoms with E-state index in [1.807, 2.05) is 11.3 Å². The Balaban J connectivity index is 1.07. The summed E-state index contributed by atoms with van der Waals surface area (Å²) in [5.74, 6) is 0. The summed E-state index contributed by atoms with van der Waals surface area (Å²) in [4.78, 5) is 2.61. The van der Waals surface area contributed by atoms with Gasteiger partial charge in [-0.1, -0.05) is 208 Å². The van der Waals surface area contributed by atoms with Gasteiger partial charge in [0.15, 0.2) is 0 Å². The summed E-state index contributed by atoms with van der Waals surface area (Å²) in [6.45, 7) is 4.76. The molecule has 12 aromatic carbocycles. The predicted molar refractivity (Wildman–Crippen MR) is 306 cm³/mol. The molecular formula is C70H45NS. The van der Waals surface area contributed by atoms with Crippen LogP contribution in [0.2, 0.25) is 0 Å². The topological polar surface area (TPSA) is 3.24 Å². The molecule has 0 unspecified atom stereocenters.